The van der Waals surface area contributed by atoms with Crippen molar-refractivity contribution in [1.82, 2.24) is 0 Å². The molecule has 1 aliphatic rings. The van der Waals surface area contributed by atoms with Gasteiger partial charge in [-0.3, -0.25) is 4.79 Å². The molecule has 2 N–H and O–H groups in total. The summed E-state index contributed by atoms with van der Waals surface area (Å²) in [4.78, 5) is 13.2. The Morgan fingerprint density at radius 1 is 0.867 bits per heavy atom. The third-order valence-electron chi connectivity index (χ3n) is 5.47. The number of ketones is 1. The van der Waals surface area contributed by atoms with E-state index in [2.05, 4.69) is 0 Å². The first kappa shape index (κ1) is 19.8. The highest BCUT2D eigenvalue weighted by Gasteiger charge is 2.35. The summed E-state index contributed by atoms with van der Waals surface area (Å²) in [6.07, 6.45) is -0.168. The van der Waals surface area contributed by atoms with Crippen LogP contribution in [0.2, 0.25) is 0 Å². The van der Waals surface area contributed by atoms with Gasteiger partial charge in [0.2, 0.25) is 5.78 Å². The molecule has 4 rings (SSSR count). The molecule has 30 heavy (non-hydrogen) atoms. The fourth-order valence-corrected chi connectivity index (χ4v) is 4.03. The predicted molar refractivity (Wildman–Crippen MR) is 111 cm³/mol. The number of benzene rings is 3. The average molecular weight is 406 g/mol. The van der Waals surface area contributed by atoms with Crippen LogP contribution in [0, 0.1) is 0 Å². The molecule has 0 fully saturated rings. The van der Waals surface area contributed by atoms with Crippen molar-refractivity contribution in [3.8, 4) is 23.0 Å². The van der Waals surface area contributed by atoms with Crippen LogP contribution in [0.25, 0.3) is 0 Å². The Kier molecular flexibility index (Phi) is 5.10. The second-order valence-corrected chi connectivity index (χ2v) is 7.09. The lowest BCUT2D eigenvalue weighted by molar-refractivity contribution is 0.0978. The van der Waals surface area contributed by atoms with Crippen molar-refractivity contribution in [3.63, 3.8) is 0 Å². The third kappa shape index (κ3) is 3.06. The van der Waals surface area contributed by atoms with E-state index in [1.54, 1.807) is 44.6 Å². The Labute approximate surface area is 174 Å². The van der Waals surface area contributed by atoms with Crippen LogP contribution in [-0.4, -0.2) is 37.3 Å². The highest BCUT2D eigenvalue weighted by Crippen LogP contribution is 2.44. The summed E-state index contributed by atoms with van der Waals surface area (Å²) in [5, 5.41) is 21.3. The number of hydrogen-bond acceptors (Lipinski definition) is 6. The fraction of sp³-hybridized carbons (Fsp3) is 0.208. The van der Waals surface area contributed by atoms with Gasteiger partial charge in [-0.05, 0) is 29.3 Å². The topological polar surface area (TPSA) is 85.2 Å². The highest BCUT2D eigenvalue weighted by atomic mass is 16.5. The molecule has 0 bridgehead atoms. The van der Waals surface area contributed by atoms with E-state index in [1.807, 2.05) is 12.1 Å². The smallest absolute Gasteiger partial charge is 0.201 e. The number of phenols is 2. The standard InChI is InChI=1S/C24H22O6/c1-28-18-10-7-13(12-19(18)29-2)11-14-8-9-16-21(22(14)26)23(27)20-15(24(16)30-3)5-4-6-17(20)25/h4-10,12,24-26H,11H2,1-3H3. The van der Waals surface area contributed by atoms with E-state index in [-0.39, 0.29) is 22.6 Å². The van der Waals surface area contributed by atoms with Crippen LogP contribution < -0.4 is 9.47 Å². The van der Waals surface area contributed by atoms with Crippen LogP contribution in [0.1, 0.15) is 44.3 Å². The summed E-state index contributed by atoms with van der Waals surface area (Å²) in [6.45, 7) is 0. The number of ether oxygens (including phenoxy) is 3. The number of methoxy groups -OCH3 is 3. The summed E-state index contributed by atoms with van der Waals surface area (Å²) in [5.41, 5.74) is 2.96. The molecular weight excluding hydrogens is 384 g/mol. The maximum atomic E-state index is 13.2. The molecule has 0 spiro atoms. The minimum atomic E-state index is -0.555. The Bertz CT molecular complexity index is 1130. The monoisotopic (exact) mass is 406 g/mol. The first-order chi connectivity index (χ1) is 14.5. The molecule has 0 radical (unpaired) electrons. The summed E-state index contributed by atoms with van der Waals surface area (Å²) in [5.74, 6) is 0.541. The number of aromatic hydroxyl groups is 2. The zero-order valence-corrected chi connectivity index (χ0v) is 16.9. The largest absolute Gasteiger partial charge is 0.507 e. The molecule has 0 saturated carbocycles. The third-order valence-corrected chi connectivity index (χ3v) is 5.47. The van der Waals surface area contributed by atoms with Crippen molar-refractivity contribution in [1.29, 1.82) is 0 Å². The van der Waals surface area contributed by atoms with Gasteiger partial charge >= 0.3 is 0 Å². The molecule has 154 valence electrons. The van der Waals surface area contributed by atoms with E-state index >= 15 is 0 Å². The molecule has 0 heterocycles. The lowest BCUT2D eigenvalue weighted by Crippen LogP contribution is -2.21. The van der Waals surface area contributed by atoms with E-state index in [4.69, 9.17) is 14.2 Å². The van der Waals surface area contributed by atoms with Crippen molar-refractivity contribution in [2.24, 2.45) is 0 Å². The minimum absolute atomic E-state index is 0.108. The number of carbonyl (C=O) groups is 1. The molecule has 6 nitrogen and oxygen atoms in total. The van der Waals surface area contributed by atoms with Gasteiger partial charge in [-0.2, -0.15) is 0 Å². The Morgan fingerprint density at radius 3 is 2.30 bits per heavy atom. The van der Waals surface area contributed by atoms with Crippen LogP contribution in [-0.2, 0) is 11.2 Å². The van der Waals surface area contributed by atoms with Gasteiger partial charge in [-0.25, -0.2) is 0 Å². The lowest BCUT2D eigenvalue weighted by atomic mass is 9.80. The van der Waals surface area contributed by atoms with Gasteiger partial charge in [0, 0.05) is 24.7 Å². The summed E-state index contributed by atoms with van der Waals surface area (Å²) in [7, 11) is 4.66. The van der Waals surface area contributed by atoms with Crippen molar-refractivity contribution in [2.75, 3.05) is 21.3 Å². The molecular formula is C24H22O6. The summed E-state index contributed by atoms with van der Waals surface area (Å²) in [6, 6.07) is 14.0. The summed E-state index contributed by atoms with van der Waals surface area (Å²) >= 11 is 0. The normalized spacial score (nSPS) is 14.8. The Balaban J connectivity index is 1.79. The number of rotatable bonds is 5. The second-order valence-electron chi connectivity index (χ2n) is 7.09. The van der Waals surface area contributed by atoms with Crippen LogP contribution in [0.3, 0.4) is 0 Å². The quantitative estimate of drug-likeness (QED) is 0.667. The fourth-order valence-electron chi connectivity index (χ4n) is 4.03. The Morgan fingerprint density at radius 2 is 1.60 bits per heavy atom. The summed E-state index contributed by atoms with van der Waals surface area (Å²) < 4.78 is 16.2. The number of carbonyl (C=O) groups excluding carboxylic acids is 1. The van der Waals surface area contributed by atoms with Gasteiger partial charge < -0.3 is 24.4 Å². The second kappa shape index (κ2) is 7.72. The molecule has 1 unspecified atom stereocenters. The maximum Gasteiger partial charge on any atom is 0.201 e. The van der Waals surface area contributed by atoms with E-state index in [0.29, 0.717) is 34.6 Å². The SMILES string of the molecule is COc1ccc(Cc2ccc3c(c2O)C(=O)c2c(O)cccc2C3OC)cc1OC. The molecule has 1 atom stereocenters. The predicted octanol–water partition coefficient (Wildman–Crippen LogP) is 3.99. The molecule has 0 amide bonds. The van der Waals surface area contributed by atoms with Crippen molar-refractivity contribution in [3.05, 3.63) is 81.9 Å². The number of phenolic OH excluding ortho intramolecular Hbond substituents is 2. The van der Waals surface area contributed by atoms with Crippen LogP contribution in [0.5, 0.6) is 23.0 Å². The zero-order chi connectivity index (χ0) is 21.4. The molecule has 1 aliphatic carbocycles. The lowest BCUT2D eigenvalue weighted by Gasteiger charge is -2.28. The first-order valence-corrected chi connectivity index (χ1v) is 9.45. The first-order valence-electron chi connectivity index (χ1n) is 9.45. The van der Waals surface area contributed by atoms with E-state index in [9.17, 15) is 15.0 Å². The van der Waals surface area contributed by atoms with Crippen LogP contribution in [0.15, 0.2) is 48.5 Å². The van der Waals surface area contributed by atoms with Crippen LogP contribution in [0.4, 0.5) is 0 Å². The highest BCUT2D eigenvalue weighted by molar-refractivity contribution is 6.16. The minimum Gasteiger partial charge on any atom is -0.507 e. The number of hydrogen-bond donors (Lipinski definition) is 2. The van der Waals surface area contributed by atoms with E-state index in [1.165, 1.54) is 13.2 Å². The van der Waals surface area contributed by atoms with Crippen molar-refractivity contribution >= 4 is 5.78 Å². The van der Waals surface area contributed by atoms with Gasteiger partial charge in [0.1, 0.15) is 17.6 Å². The molecule has 6 heteroatoms. The molecule has 0 aliphatic heterocycles. The Hall–Kier alpha value is -3.51. The van der Waals surface area contributed by atoms with E-state index in [0.717, 1.165) is 5.56 Å². The van der Waals surface area contributed by atoms with Crippen molar-refractivity contribution in [2.45, 2.75) is 12.5 Å². The zero-order valence-electron chi connectivity index (χ0n) is 16.9. The van der Waals surface area contributed by atoms with E-state index < -0.39 is 11.9 Å². The van der Waals surface area contributed by atoms with Gasteiger partial charge in [-0.1, -0.05) is 30.3 Å². The molecule has 0 saturated heterocycles. The van der Waals surface area contributed by atoms with Gasteiger partial charge in [-0.15, -0.1) is 0 Å². The molecule has 3 aromatic rings. The molecule has 3 aromatic carbocycles. The van der Waals surface area contributed by atoms with Gasteiger partial charge in [0.25, 0.3) is 0 Å². The van der Waals surface area contributed by atoms with Crippen molar-refractivity contribution < 1.29 is 29.2 Å². The number of fused-ring (bicyclic) bond motifs is 2. The van der Waals surface area contributed by atoms with Gasteiger partial charge in [0.15, 0.2) is 11.5 Å². The van der Waals surface area contributed by atoms with Gasteiger partial charge in [0.05, 0.1) is 25.3 Å². The van der Waals surface area contributed by atoms with Crippen LogP contribution >= 0.6 is 0 Å². The maximum absolute atomic E-state index is 13.2. The average Bonchev–Trinajstić information content (AvgIpc) is 2.75. The molecule has 0 aromatic heterocycles.